The summed E-state index contributed by atoms with van der Waals surface area (Å²) in [6.07, 6.45) is 1.19. The largest absolute Gasteiger partial charge is 0.484 e. The molecule has 1 N–H and O–H groups in total. The van der Waals surface area contributed by atoms with Gasteiger partial charge in [0, 0.05) is 24.0 Å². The van der Waals surface area contributed by atoms with Crippen LogP contribution in [-0.4, -0.2) is 35.4 Å². The summed E-state index contributed by atoms with van der Waals surface area (Å²) < 4.78 is 5.91. The van der Waals surface area contributed by atoms with Crippen LogP contribution in [-0.2, 0) is 28.0 Å². The smallest absolute Gasteiger partial charge is 0.261 e. The second-order valence-corrected chi connectivity index (χ2v) is 11.2. The van der Waals surface area contributed by atoms with E-state index < -0.39 is 6.04 Å². The highest BCUT2D eigenvalue weighted by Gasteiger charge is 2.31. The quantitative estimate of drug-likeness (QED) is 0.302. The molecule has 3 rings (SSSR count). The topological polar surface area (TPSA) is 58.6 Å². The van der Waals surface area contributed by atoms with Gasteiger partial charge in [-0.15, -0.1) is 0 Å². The lowest BCUT2D eigenvalue weighted by Crippen LogP contribution is -2.53. The molecule has 0 radical (unpaired) electrons. The summed E-state index contributed by atoms with van der Waals surface area (Å²) in [6, 6.07) is 24.2. The third-order valence-corrected chi connectivity index (χ3v) is 6.87. The Morgan fingerprint density at radius 3 is 2.13 bits per heavy atom. The molecular formula is C32H39ClN2O3. The minimum Gasteiger partial charge on any atom is -0.484 e. The second kappa shape index (κ2) is 13.5. The fraction of sp³-hybridized carbons (Fsp3) is 0.375. The Hall–Kier alpha value is -3.31. The van der Waals surface area contributed by atoms with Gasteiger partial charge in [-0.1, -0.05) is 93.9 Å². The summed E-state index contributed by atoms with van der Waals surface area (Å²) in [5.41, 5.74) is 3.07. The molecule has 0 spiro atoms. The van der Waals surface area contributed by atoms with Gasteiger partial charge in [-0.2, -0.15) is 0 Å². The van der Waals surface area contributed by atoms with Crippen molar-refractivity contribution in [2.45, 2.75) is 71.5 Å². The summed E-state index contributed by atoms with van der Waals surface area (Å²) >= 11 is 6.10. The van der Waals surface area contributed by atoms with E-state index in [1.165, 1.54) is 5.56 Å². The number of nitrogens with zero attached hydrogens (tertiary/aromatic N) is 1. The van der Waals surface area contributed by atoms with Crippen LogP contribution in [0.25, 0.3) is 0 Å². The standard InChI is InChI=1S/C32H39ClN2O3/c1-6-23(2)34-31(37)29(20-24-10-8-7-9-11-24)35(21-25-12-16-27(33)17-13-25)30(36)22-38-28-18-14-26(15-19-28)32(3,4)5/h7-19,23,29H,6,20-22H2,1-5H3,(H,34,37). The molecule has 0 bridgehead atoms. The van der Waals surface area contributed by atoms with Crippen molar-refractivity contribution in [3.8, 4) is 5.75 Å². The van der Waals surface area contributed by atoms with Gasteiger partial charge in [0.15, 0.2) is 6.61 Å². The summed E-state index contributed by atoms with van der Waals surface area (Å²) in [5.74, 6) is 0.168. The Bertz CT molecular complexity index is 1170. The van der Waals surface area contributed by atoms with Gasteiger partial charge in [0.25, 0.3) is 5.91 Å². The number of halogens is 1. The van der Waals surface area contributed by atoms with Crippen LogP contribution >= 0.6 is 11.6 Å². The third-order valence-electron chi connectivity index (χ3n) is 6.62. The van der Waals surface area contributed by atoms with E-state index in [1.807, 2.05) is 80.6 Å². The van der Waals surface area contributed by atoms with Gasteiger partial charge >= 0.3 is 0 Å². The van der Waals surface area contributed by atoms with E-state index in [0.717, 1.165) is 17.5 Å². The molecule has 0 fully saturated rings. The number of nitrogens with one attached hydrogen (secondary N) is 1. The average Bonchev–Trinajstić information content (AvgIpc) is 2.90. The van der Waals surface area contributed by atoms with Crippen LogP contribution in [0.5, 0.6) is 5.75 Å². The molecule has 0 aliphatic rings. The molecule has 0 aliphatic heterocycles. The zero-order valence-electron chi connectivity index (χ0n) is 23.0. The van der Waals surface area contributed by atoms with Crippen LogP contribution in [0.2, 0.25) is 5.02 Å². The highest BCUT2D eigenvalue weighted by Crippen LogP contribution is 2.24. The Kier molecular flexibility index (Phi) is 10.4. The van der Waals surface area contributed by atoms with Crippen molar-refractivity contribution in [2.75, 3.05) is 6.61 Å². The van der Waals surface area contributed by atoms with Crippen molar-refractivity contribution in [3.63, 3.8) is 0 Å². The maximum Gasteiger partial charge on any atom is 0.261 e. The van der Waals surface area contributed by atoms with Crippen molar-refractivity contribution in [1.82, 2.24) is 10.2 Å². The predicted molar refractivity (Wildman–Crippen MR) is 154 cm³/mol. The van der Waals surface area contributed by atoms with E-state index in [2.05, 4.69) is 26.1 Å². The zero-order valence-corrected chi connectivity index (χ0v) is 23.8. The lowest BCUT2D eigenvalue weighted by Gasteiger charge is -2.32. The molecule has 5 nitrogen and oxygen atoms in total. The molecule has 38 heavy (non-hydrogen) atoms. The molecule has 3 aromatic rings. The molecule has 2 unspecified atom stereocenters. The van der Waals surface area contributed by atoms with Gasteiger partial charge in [0.05, 0.1) is 0 Å². The maximum atomic E-state index is 13.7. The third kappa shape index (κ3) is 8.63. The maximum absolute atomic E-state index is 13.7. The molecule has 2 atom stereocenters. The number of ether oxygens (including phenoxy) is 1. The molecule has 0 heterocycles. The first-order valence-electron chi connectivity index (χ1n) is 13.2. The molecule has 3 aromatic carbocycles. The first-order chi connectivity index (χ1) is 18.1. The molecule has 0 saturated heterocycles. The van der Waals surface area contributed by atoms with Gasteiger partial charge in [0.1, 0.15) is 11.8 Å². The van der Waals surface area contributed by atoms with Crippen LogP contribution in [0.15, 0.2) is 78.9 Å². The fourth-order valence-electron chi connectivity index (χ4n) is 4.06. The first kappa shape index (κ1) is 29.2. The van der Waals surface area contributed by atoms with Gasteiger partial charge in [-0.25, -0.2) is 0 Å². The molecule has 0 saturated carbocycles. The molecule has 2 amide bonds. The lowest BCUT2D eigenvalue weighted by molar-refractivity contribution is -0.143. The summed E-state index contributed by atoms with van der Waals surface area (Å²) in [4.78, 5) is 28.9. The van der Waals surface area contributed by atoms with E-state index in [4.69, 9.17) is 16.3 Å². The van der Waals surface area contributed by atoms with Crippen molar-refractivity contribution < 1.29 is 14.3 Å². The average molecular weight is 535 g/mol. The summed E-state index contributed by atoms with van der Waals surface area (Å²) in [6.45, 7) is 10.5. The van der Waals surface area contributed by atoms with E-state index in [9.17, 15) is 9.59 Å². The monoisotopic (exact) mass is 534 g/mol. The number of hydrogen-bond acceptors (Lipinski definition) is 3. The number of rotatable bonds is 11. The Balaban J connectivity index is 1.88. The Morgan fingerprint density at radius 1 is 0.921 bits per heavy atom. The number of carbonyl (C=O) groups is 2. The van der Waals surface area contributed by atoms with Crippen LogP contribution in [0.3, 0.4) is 0 Å². The van der Waals surface area contributed by atoms with E-state index in [0.29, 0.717) is 17.2 Å². The summed E-state index contributed by atoms with van der Waals surface area (Å²) in [5, 5.41) is 3.69. The first-order valence-corrected chi connectivity index (χ1v) is 13.6. The number of carbonyl (C=O) groups excluding carboxylic acids is 2. The molecule has 0 aromatic heterocycles. The Labute approximate surface area is 232 Å². The molecule has 6 heteroatoms. The van der Waals surface area contributed by atoms with Gasteiger partial charge in [-0.05, 0) is 59.7 Å². The van der Waals surface area contributed by atoms with E-state index >= 15 is 0 Å². The minimum atomic E-state index is -0.707. The number of hydrogen-bond donors (Lipinski definition) is 1. The van der Waals surface area contributed by atoms with Crippen molar-refractivity contribution >= 4 is 23.4 Å². The molecule has 202 valence electrons. The zero-order chi connectivity index (χ0) is 27.7. The highest BCUT2D eigenvalue weighted by atomic mass is 35.5. The van der Waals surface area contributed by atoms with Crippen molar-refractivity contribution in [3.05, 3.63) is 101 Å². The van der Waals surface area contributed by atoms with E-state index in [1.54, 1.807) is 17.0 Å². The highest BCUT2D eigenvalue weighted by molar-refractivity contribution is 6.30. The van der Waals surface area contributed by atoms with Crippen LogP contribution in [0.1, 0.15) is 57.7 Å². The van der Waals surface area contributed by atoms with Crippen molar-refractivity contribution in [2.24, 2.45) is 0 Å². The van der Waals surface area contributed by atoms with Gasteiger partial charge in [0.2, 0.25) is 5.91 Å². The van der Waals surface area contributed by atoms with Crippen LogP contribution in [0.4, 0.5) is 0 Å². The van der Waals surface area contributed by atoms with Gasteiger partial charge < -0.3 is 15.0 Å². The van der Waals surface area contributed by atoms with E-state index in [-0.39, 0.29) is 36.4 Å². The number of benzene rings is 3. The SMILES string of the molecule is CCC(C)NC(=O)C(Cc1ccccc1)N(Cc1ccc(Cl)cc1)C(=O)COc1ccc(C(C)(C)C)cc1. The predicted octanol–water partition coefficient (Wildman–Crippen LogP) is 6.57. The normalized spacial score (nSPS) is 12.9. The van der Waals surface area contributed by atoms with Crippen LogP contribution < -0.4 is 10.1 Å². The Morgan fingerprint density at radius 2 is 1.55 bits per heavy atom. The lowest BCUT2D eigenvalue weighted by atomic mass is 9.87. The van der Waals surface area contributed by atoms with Crippen LogP contribution in [0, 0.1) is 0 Å². The van der Waals surface area contributed by atoms with Crippen molar-refractivity contribution in [1.29, 1.82) is 0 Å². The van der Waals surface area contributed by atoms with Gasteiger partial charge in [-0.3, -0.25) is 9.59 Å². The number of amides is 2. The fourth-order valence-corrected chi connectivity index (χ4v) is 4.19. The molecular weight excluding hydrogens is 496 g/mol. The second-order valence-electron chi connectivity index (χ2n) is 10.7. The summed E-state index contributed by atoms with van der Waals surface area (Å²) in [7, 11) is 0. The minimum absolute atomic E-state index is 0.00848. The molecule has 0 aliphatic carbocycles.